The molecule has 2 aromatic carbocycles. The van der Waals surface area contributed by atoms with E-state index >= 15 is 0 Å². The number of nitrogens with one attached hydrogen (secondary N) is 3. The third kappa shape index (κ3) is 10.7. The average molecular weight is 530 g/mol. The van der Waals surface area contributed by atoms with Crippen molar-refractivity contribution in [3.63, 3.8) is 0 Å². The Hall–Kier alpha value is -2.71. The standard InChI is InChI=1S/C29H43N3O4S/c1-4-12-26(13-5-2)37(35,36)22-27(32-28(33)25-16-8-7-9-17-25)29(34)31-19-11-18-30-21-24-15-10-14-23(6-3)20-24/h7-10,14-17,20,26-27,30H,4-6,11-13,18-19,21-22H2,1-3H3,(H,31,34)(H,32,33). The van der Waals surface area contributed by atoms with Crippen molar-refractivity contribution in [1.29, 1.82) is 0 Å². The summed E-state index contributed by atoms with van der Waals surface area (Å²) < 4.78 is 26.4. The molecule has 8 heteroatoms. The summed E-state index contributed by atoms with van der Waals surface area (Å²) in [6.45, 7) is 7.86. The highest BCUT2D eigenvalue weighted by atomic mass is 32.2. The van der Waals surface area contributed by atoms with Crippen LogP contribution >= 0.6 is 0 Å². The molecule has 0 radical (unpaired) electrons. The first-order valence-corrected chi connectivity index (χ1v) is 15.2. The van der Waals surface area contributed by atoms with E-state index in [2.05, 4.69) is 47.1 Å². The number of amides is 2. The summed E-state index contributed by atoms with van der Waals surface area (Å²) in [5.41, 5.74) is 2.89. The van der Waals surface area contributed by atoms with Crippen molar-refractivity contribution in [2.24, 2.45) is 0 Å². The molecule has 37 heavy (non-hydrogen) atoms. The molecule has 0 spiro atoms. The Morgan fingerprint density at radius 1 is 0.865 bits per heavy atom. The fourth-order valence-electron chi connectivity index (χ4n) is 4.27. The minimum absolute atomic E-state index is 0.381. The van der Waals surface area contributed by atoms with Gasteiger partial charge in [-0.05, 0) is 55.5 Å². The lowest BCUT2D eigenvalue weighted by Gasteiger charge is -2.22. The van der Waals surface area contributed by atoms with E-state index in [0.29, 0.717) is 37.9 Å². The predicted molar refractivity (Wildman–Crippen MR) is 150 cm³/mol. The number of carbonyl (C=O) groups is 2. The third-order valence-electron chi connectivity index (χ3n) is 6.34. The van der Waals surface area contributed by atoms with Gasteiger partial charge < -0.3 is 16.0 Å². The van der Waals surface area contributed by atoms with Gasteiger partial charge in [0.05, 0.1) is 11.0 Å². The van der Waals surface area contributed by atoms with Crippen LogP contribution in [0.2, 0.25) is 0 Å². The normalized spacial score (nSPS) is 12.3. The third-order valence-corrected chi connectivity index (χ3v) is 8.63. The number of rotatable bonds is 17. The lowest BCUT2D eigenvalue weighted by molar-refractivity contribution is -0.122. The molecule has 0 fully saturated rings. The van der Waals surface area contributed by atoms with Crippen LogP contribution in [0.15, 0.2) is 54.6 Å². The number of carbonyl (C=O) groups excluding carboxylic acids is 2. The Bertz CT molecular complexity index is 1070. The smallest absolute Gasteiger partial charge is 0.251 e. The van der Waals surface area contributed by atoms with Gasteiger partial charge in [0.1, 0.15) is 6.04 Å². The number of hydrogen-bond acceptors (Lipinski definition) is 5. The molecule has 7 nitrogen and oxygen atoms in total. The summed E-state index contributed by atoms with van der Waals surface area (Å²) in [6.07, 6.45) is 4.25. The van der Waals surface area contributed by atoms with Gasteiger partial charge in [0, 0.05) is 18.7 Å². The van der Waals surface area contributed by atoms with Gasteiger partial charge in [0.25, 0.3) is 5.91 Å². The molecule has 0 aliphatic rings. The molecule has 1 unspecified atom stereocenters. The molecule has 0 aliphatic carbocycles. The van der Waals surface area contributed by atoms with Gasteiger partial charge in [-0.2, -0.15) is 0 Å². The fraction of sp³-hybridized carbons (Fsp3) is 0.517. The van der Waals surface area contributed by atoms with Crippen molar-refractivity contribution in [3.8, 4) is 0 Å². The first-order valence-electron chi connectivity index (χ1n) is 13.4. The van der Waals surface area contributed by atoms with E-state index in [1.54, 1.807) is 30.3 Å². The van der Waals surface area contributed by atoms with Gasteiger partial charge in [-0.3, -0.25) is 9.59 Å². The van der Waals surface area contributed by atoms with Crippen LogP contribution in [0.25, 0.3) is 0 Å². The SMILES string of the molecule is CCCC(CCC)S(=O)(=O)CC(NC(=O)c1ccccc1)C(=O)NCCCNCc1cccc(CC)c1. The van der Waals surface area contributed by atoms with Gasteiger partial charge in [-0.25, -0.2) is 8.42 Å². The molecule has 2 rings (SSSR count). The summed E-state index contributed by atoms with van der Waals surface area (Å²) in [5, 5.41) is 8.35. The quantitative estimate of drug-likeness (QED) is 0.269. The average Bonchev–Trinajstić information content (AvgIpc) is 2.90. The first kappa shape index (κ1) is 30.5. The van der Waals surface area contributed by atoms with Crippen LogP contribution in [-0.4, -0.2) is 50.4 Å². The highest BCUT2D eigenvalue weighted by molar-refractivity contribution is 7.92. The lowest BCUT2D eigenvalue weighted by atomic mass is 10.1. The molecule has 1 atom stereocenters. The second kappa shape index (κ2) is 16.2. The van der Waals surface area contributed by atoms with Crippen LogP contribution in [0.3, 0.4) is 0 Å². The molecule has 2 aromatic rings. The Morgan fingerprint density at radius 3 is 2.19 bits per heavy atom. The van der Waals surface area contributed by atoms with Gasteiger partial charge in [0.15, 0.2) is 9.84 Å². The van der Waals surface area contributed by atoms with Crippen molar-refractivity contribution < 1.29 is 18.0 Å². The number of sulfone groups is 1. The van der Waals surface area contributed by atoms with Crippen LogP contribution in [-0.2, 0) is 27.6 Å². The maximum atomic E-state index is 13.2. The minimum Gasteiger partial charge on any atom is -0.354 e. The zero-order chi connectivity index (χ0) is 27.1. The van der Waals surface area contributed by atoms with Gasteiger partial charge in [0.2, 0.25) is 5.91 Å². The van der Waals surface area contributed by atoms with Crippen LogP contribution in [0.5, 0.6) is 0 Å². The Balaban J connectivity index is 1.96. The topological polar surface area (TPSA) is 104 Å². The molecular formula is C29H43N3O4S. The lowest BCUT2D eigenvalue weighted by Crippen LogP contribution is -2.51. The number of aryl methyl sites for hydroxylation is 1. The second-order valence-electron chi connectivity index (χ2n) is 9.42. The highest BCUT2D eigenvalue weighted by Crippen LogP contribution is 2.17. The van der Waals surface area contributed by atoms with Crippen molar-refractivity contribution in [3.05, 3.63) is 71.3 Å². The molecule has 2 amide bonds. The minimum atomic E-state index is -3.58. The predicted octanol–water partition coefficient (Wildman–Crippen LogP) is 4.03. The molecule has 0 aromatic heterocycles. The maximum absolute atomic E-state index is 13.2. The van der Waals surface area contributed by atoms with E-state index in [1.807, 2.05) is 13.8 Å². The van der Waals surface area contributed by atoms with Gasteiger partial charge in [-0.1, -0.05) is 76.1 Å². The van der Waals surface area contributed by atoms with Crippen LogP contribution in [0, 0.1) is 0 Å². The zero-order valence-corrected chi connectivity index (χ0v) is 23.3. The summed E-state index contributed by atoms with van der Waals surface area (Å²) in [6, 6.07) is 15.8. The summed E-state index contributed by atoms with van der Waals surface area (Å²) in [7, 11) is -3.58. The van der Waals surface area contributed by atoms with E-state index in [4.69, 9.17) is 0 Å². The number of hydrogen-bond donors (Lipinski definition) is 3. The van der Waals surface area contributed by atoms with Crippen molar-refractivity contribution in [2.45, 2.75) is 77.1 Å². The summed E-state index contributed by atoms with van der Waals surface area (Å²) in [4.78, 5) is 25.8. The van der Waals surface area contributed by atoms with E-state index in [1.165, 1.54) is 11.1 Å². The fourth-order valence-corrected chi connectivity index (χ4v) is 6.43. The Labute approximate surface area is 222 Å². The molecular weight excluding hydrogens is 486 g/mol. The largest absolute Gasteiger partial charge is 0.354 e. The van der Waals surface area contributed by atoms with E-state index in [-0.39, 0.29) is 0 Å². The van der Waals surface area contributed by atoms with E-state index in [0.717, 1.165) is 25.8 Å². The molecule has 0 saturated heterocycles. The monoisotopic (exact) mass is 529 g/mol. The number of benzene rings is 2. The van der Waals surface area contributed by atoms with Gasteiger partial charge >= 0.3 is 0 Å². The zero-order valence-electron chi connectivity index (χ0n) is 22.5. The van der Waals surface area contributed by atoms with Crippen LogP contribution in [0.4, 0.5) is 0 Å². The van der Waals surface area contributed by atoms with Crippen LogP contribution < -0.4 is 16.0 Å². The first-order chi connectivity index (χ1) is 17.8. The summed E-state index contributed by atoms with van der Waals surface area (Å²) >= 11 is 0. The molecule has 0 heterocycles. The Kier molecular flexibility index (Phi) is 13.4. The van der Waals surface area contributed by atoms with E-state index < -0.39 is 38.7 Å². The van der Waals surface area contributed by atoms with Crippen LogP contribution in [0.1, 0.15) is 74.4 Å². The highest BCUT2D eigenvalue weighted by Gasteiger charge is 2.32. The Morgan fingerprint density at radius 2 is 1.54 bits per heavy atom. The molecule has 3 N–H and O–H groups in total. The summed E-state index contributed by atoms with van der Waals surface area (Å²) in [5.74, 6) is -1.35. The van der Waals surface area contributed by atoms with Crippen molar-refractivity contribution in [2.75, 3.05) is 18.8 Å². The molecule has 0 bridgehead atoms. The molecule has 204 valence electrons. The van der Waals surface area contributed by atoms with E-state index in [9.17, 15) is 18.0 Å². The maximum Gasteiger partial charge on any atom is 0.251 e. The second-order valence-corrected chi connectivity index (χ2v) is 11.7. The van der Waals surface area contributed by atoms with Gasteiger partial charge in [-0.15, -0.1) is 0 Å². The molecule has 0 aliphatic heterocycles. The van der Waals surface area contributed by atoms with Crippen molar-refractivity contribution >= 4 is 21.7 Å². The molecule has 0 saturated carbocycles. The van der Waals surface area contributed by atoms with Crippen molar-refractivity contribution in [1.82, 2.24) is 16.0 Å².